The third kappa shape index (κ3) is 4.43. The number of halogens is 4. The third-order valence-corrected chi connectivity index (χ3v) is 4.59. The zero-order chi connectivity index (χ0) is 19.6. The van der Waals surface area contributed by atoms with Crippen molar-refractivity contribution in [3.8, 4) is 5.75 Å². The summed E-state index contributed by atoms with van der Waals surface area (Å²) in [7, 11) is 0. The SMILES string of the molecule is Cc1nc(Nc2ccc(F)c(F)c2)sc1C(=O)c1ccc(OC(F)F)cc1. The van der Waals surface area contributed by atoms with E-state index in [2.05, 4.69) is 15.0 Å². The molecule has 0 aliphatic heterocycles. The Morgan fingerprint density at radius 1 is 1.11 bits per heavy atom. The minimum Gasteiger partial charge on any atom is -0.435 e. The van der Waals surface area contributed by atoms with E-state index in [4.69, 9.17) is 0 Å². The summed E-state index contributed by atoms with van der Waals surface area (Å²) >= 11 is 1.04. The lowest BCUT2D eigenvalue weighted by Crippen LogP contribution is -2.03. The quantitative estimate of drug-likeness (QED) is 0.453. The van der Waals surface area contributed by atoms with Gasteiger partial charge in [0.2, 0.25) is 5.78 Å². The first-order chi connectivity index (χ1) is 12.8. The first-order valence-corrected chi connectivity index (χ1v) is 8.44. The van der Waals surface area contributed by atoms with Crippen LogP contribution in [0.2, 0.25) is 0 Å². The van der Waals surface area contributed by atoms with E-state index >= 15 is 0 Å². The van der Waals surface area contributed by atoms with Crippen molar-refractivity contribution in [1.29, 1.82) is 0 Å². The number of anilines is 2. The van der Waals surface area contributed by atoms with Crippen LogP contribution in [0.1, 0.15) is 20.9 Å². The molecule has 0 aliphatic rings. The van der Waals surface area contributed by atoms with E-state index in [1.165, 1.54) is 30.3 Å². The van der Waals surface area contributed by atoms with Crippen LogP contribution in [0.15, 0.2) is 42.5 Å². The van der Waals surface area contributed by atoms with Crippen molar-refractivity contribution in [2.24, 2.45) is 0 Å². The Bertz CT molecular complexity index is 974. The van der Waals surface area contributed by atoms with Crippen LogP contribution in [0.25, 0.3) is 0 Å². The van der Waals surface area contributed by atoms with Gasteiger partial charge in [-0.15, -0.1) is 0 Å². The summed E-state index contributed by atoms with van der Waals surface area (Å²) in [6.07, 6.45) is 0. The van der Waals surface area contributed by atoms with Gasteiger partial charge in [0, 0.05) is 17.3 Å². The topological polar surface area (TPSA) is 51.2 Å². The second-order valence-corrected chi connectivity index (χ2v) is 6.42. The van der Waals surface area contributed by atoms with Gasteiger partial charge in [-0.25, -0.2) is 13.8 Å². The van der Waals surface area contributed by atoms with Gasteiger partial charge in [0.15, 0.2) is 16.8 Å². The molecule has 1 aromatic heterocycles. The largest absolute Gasteiger partial charge is 0.435 e. The minimum absolute atomic E-state index is 0.0525. The van der Waals surface area contributed by atoms with Gasteiger partial charge in [0.1, 0.15) is 5.75 Å². The van der Waals surface area contributed by atoms with Crippen LogP contribution in [-0.4, -0.2) is 17.4 Å². The van der Waals surface area contributed by atoms with E-state index < -0.39 is 18.2 Å². The Morgan fingerprint density at radius 3 is 2.44 bits per heavy atom. The van der Waals surface area contributed by atoms with Crippen molar-refractivity contribution < 1.29 is 27.1 Å². The maximum absolute atomic E-state index is 13.3. The highest BCUT2D eigenvalue weighted by atomic mass is 32.1. The third-order valence-electron chi connectivity index (χ3n) is 3.52. The Balaban J connectivity index is 1.78. The number of ketones is 1. The second-order valence-electron chi connectivity index (χ2n) is 5.42. The highest BCUT2D eigenvalue weighted by Gasteiger charge is 2.18. The van der Waals surface area contributed by atoms with E-state index in [1.807, 2.05) is 0 Å². The van der Waals surface area contributed by atoms with Gasteiger partial charge >= 0.3 is 6.61 Å². The second kappa shape index (κ2) is 7.75. The monoisotopic (exact) mass is 396 g/mol. The molecule has 0 saturated heterocycles. The summed E-state index contributed by atoms with van der Waals surface area (Å²) in [5.74, 6) is -2.36. The lowest BCUT2D eigenvalue weighted by atomic mass is 10.1. The molecule has 0 fully saturated rings. The number of alkyl halides is 2. The number of thiazole rings is 1. The average molecular weight is 396 g/mol. The van der Waals surface area contributed by atoms with Crippen LogP contribution in [0.4, 0.5) is 28.4 Å². The molecule has 9 heteroatoms. The molecule has 0 aliphatic carbocycles. The molecule has 0 bridgehead atoms. The molecule has 27 heavy (non-hydrogen) atoms. The molecule has 0 saturated carbocycles. The van der Waals surface area contributed by atoms with Crippen LogP contribution in [0, 0.1) is 18.6 Å². The molecule has 0 radical (unpaired) electrons. The molecule has 0 amide bonds. The van der Waals surface area contributed by atoms with E-state index in [0.29, 0.717) is 15.7 Å². The minimum atomic E-state index is -2.94. The van der Waals surface area contributed by atoms with Crippen LogP contribution < -0.4 is 10.1 Å². The fraction of sp³-hybridized carbons (Fsp3) is 0.111. The number of nitrogens with zero attached hydrogens (tertiary/aromatic N) is 1. The van der Waals surface area contributed by atoms with E-state index in [9.17, 15) is 22.4 Å². The molecule has 3 rings (SSSR count). The summed E-state index contributed by atoms with van der Waals surface area (Å²) in [6, 6.07) is 8.61. The van der Waals surface area contributed by atoms with Gasteiger partial charge in [-0.3, -0.25) is 4.79 Å². The number of carbonyl (C=O) groups excluding carboxylic acids is 1. The Hall–Kier alpha value is -2.94. The predicted molar refractivity (Wildman–Crippen MR) is 93.0 cm³/mol. The molecular formula is C18H12F4N2O2S. The van der Waals surface area contributed by atoms with Gasteiger partial charge in [-0.2, -0.15) is 8.78 Å². The van der Waals surface area contributed by atoms with Crippen LogP contribution in [0.3, 0.4) is 0 Å². The number of nitrogens with one attached hydrogen (secondary N) is 1. The summed E-state index contributed by atoms with van der Waals surface area (Å²) in [4.78, 5) is 17.2. The molecule has 1 heterocycles. The number of carbonyl (C=O) groups is 1. The van der Waals surface area contributed by atoms with Gasteiger partial charge < -0.3 is 10.1 Å². The zero-order valence-electron chi connectivity index (χ0n) is 13.8. The molecule has 1 N–H and O–H groups in total. The van der Waals surface area contributed by atoms with Crippen molar-refractivity contribution in [2.75, 3.05) is 5.32 Å². The van der Waals surface area contributed by atoms with Crippen LogP contribution >= 0.6 is 11.3 Å². The Morgan fingerprint density at radius 2 is 1.81 bits per heavy atom. The predicted octanol–water partition coefficient (Wildman–Crippen LogP) is 5.31. The van der Waals surface area contributed by atoms with Gasteiger partial charge in [-0.05, 0) is 43.3 Å². The normalized spacial score (nSPS) is 10.9. The van der Waals surface area contributed by atoms with Crippen molar-refractivity contribution >= 4 is 27.9 Å². The van der Waals surface area contributed by atoms with Crippen LogP contribution in [-0.2, 0) is 0 Å². The van der Waals surface area contributed by atoms with Crippen LogP contribution in [0.5, 0.6) is 5.75 Å². The number of benzene rings is 2. The van der Waals surface area contributed by atoms with E-state index in [0.717, 1.165) is 23.5 Å². The number of aromatic nitrogens is 1. The van der Waals surface area contributed by atoms with Crippen molar-refractivity contribution in [3.05, 3.63) is 70.2 Å². The number of rotatable bonds is 6. The van der Waals surface area contributed by atoms with Gasteiger partial charge in [-0.1, -0.05) is 11.3 Å². The van der Waals surface area contributed by atoms with Gasteiger partial charge in [0.25, 0.3) is 0 Å². The smallest absolute Gasteiger partial charge is 0.387 e. The molecule has 3 aromatic rings. The molecule has 2 aromatic carbocycles. The summed E-state index contributed by atoms with van der Waals surface area (Å²) in [5, 5.41) is 3.15. The van der Waals surface area contributed by atoms with Crippen molar-refractivity contribution in [1.82, 2.24) is 4.98 Å². The fourth-order valence-corrected chi connectivity index (χ4v) is 3.23. The van der Waals surface area contributed by atoms with Gasteiger partial charge in [0.05, 0.1) is 10.6 Å². The standard InChI is InChI=1S/C18H12F4N2O2S/c1-9-16(15(25)10-2-5-12(6-3-10)26-17(21)22)27-18(23-9)24-11-4-7-13(19)14(20)8-11/h2-8,17H,1H3,(H,23,24). The molecule has 0 spiro atoms. The highest BCUT2D eigenvalue weighted by Crippen LogP contribution is 2.29. The van der Waals surface area contributed by atoms with E-state index in [1.54, 1.807) is 6.92 Å². The number of hydrogen-bond donors (Lipinski definition) is 1. The number of aryl methyl sites for hydroxylation is 1. The molecule has 0 unspecified atom stereocenters. The highest BCUT2D eigenvalue weighted by molar-refractivity contribution is 7.17. The maximum Gasteiger partial charge on any atom is 0.387 e. The number of ether oxygens (including phenoxy) is 1. The Labute approximate surface area is 155 Å². The van der Waals surface area contributed by atoms with Crippen molar-refractivity contribution in [2.45, 2.75) is 13.5 Å². The lowest BCUT2D eigenvalue weighted by molar-refractivity contribution is -0.0498. The summed E-state index contributed by atoms with van der Waals surface area (Å²) in [6.45, 7) is -1.31. The first kappa shape index (κ1) is 18.8. The van der Waals surface area contributed by atoms with Crippen molar-refractivity contribution in [3.63, 3.8) is 0 Å². The molecule has 4 nitrogen and oxygen atoms in total. The first-order valence-electron chi connectivity index (χ1n) is 7.62. The Kier molecular flexibility index (Phi) is 5.41. The molecule has 140 valence electrons. The maximum atomic E-state index is 13.3. The zero-order valence-corrected chi connectivity index (χ0v) is 14.6. The fourth-order valence-electron chi connectivity index (χ4n) is 2.28. The molecule has 0 atom stereocenters. The summed E-state index contributed by atoms with van der Waals surface area (Å²) < 4.78 is 54.9. The molecular weight excluding hydrogens is 384 g/mol. The summed E-state index contributed by atoms with van der Waals surface area (Å²) in [5.41, 5.74) is 1.01. The lowest BCUT2D eigenvalue weighted by Gasteiger charge is -2.05. The van der Waals surface area contributed by atoms with E-state index in [-0.39, 0.29) is 22.8 Å². The average Bonchev–Trinajstić information content (AvgIpc) is 2.98. The number of hydrogen-bond acceptors (Lipinski definition) is 5.